The van der Waals surface area contributed by atoms with Gasteiger partial charge < -0.3 is 10.1 Å². The fourth-order valence-electron chi connectivity index (χ4n) is 2.80. The summed E-state index contributed by atoms with van der Waals surface area (Å²) in [5, 5.41) is 3.87. The lowest BCUT2D eigenvalue weighted by molar-refractivity contribution is 0.0526. The Bertz CT molecular complexity index is 1160. The molecule has 3 aromatic rings. The van der Waals surface area contributed by atoms with E-state index in [-0.39, 0.29) is 17.4 Å². The van der Waals surface area contributed by atoms with E-state index in [1.807, 2.05) is 0 Å². The minimum atomic E-state index is -3.60. The molecule has 0 saturated heterocycles. The van der Waals surface area contributed by atoms with Crippen LogP contribution in [0.3, 0.4) is 0 Å². The Balaban J connectivity index is 1.73. The van der Waals surface area contributed by atoms with Crippen molar-refractivity contribution in [2.75, 3.05) is 17.8 Å². The number of carbonyl (C=O) groups excluding carboxylic acids is 1. The molecule has 0 aliphatic carbocycles. The van der Waals surface area contributed by atoms with E-state index >= 15 is 0 Å². The highest BCUT2D eigenvalue weighted by atomic mass is 35.5. The fourth-order valence-corrected chi connectivity index (χ4v) is 4.39. The van der Waals surface area contributed by atoms with E-state index in [9.17, 15) is 13.2 Å². The molecule has 0 aliphatic rings. The lowest BCUT2D eigenvalue weighted by Crippen LogP contribution is -2.15. The number of halogens is 2. The van der Waals surface area contributed by atoms with Gasteiger partial charge in [0.05, 0.1) is 17.1 Å². The number of sulfone groups is 1. The molecule has 3 rings (SSSR count). The molecular weight excluding hydrogens is 445 g/mol. The van der Waals surface area contributed by atoms with Crippen LogP contribution in [0.15, 0.2) is 71.6 Å². The molecule has 0 saturated carbocycles. The summed E-state index contributed by atoms with van der Waals surface area (Å²) in [7, 11) is -3.60. The zero-order valence-corrected chi connectivity index (χ0v) is 18.4. The lowest BCUT2D eigenvalue weighted by atomic mass is 10.1. The van der Waals surface area contributed by atoms with Crippen molar-refractivity contribution in [2.45, 2.75) is 11.8 Å². The van der Waals surface area contributed by atoms with E-state index in [0.717, 1.165) is 11.1 Å². The van der Waals surface area contributed by atoms with E-state index in [4.69, 9.17) is 27.9 Å². The second kappa shape index (κ2) is 9.51. The van der Waals surface area contributed by atoms with Gasteiger partial charge in [-0.3, -0.25) is 0 Å². The van der Waals surface area contributed by atoms with Crippen molar-refractivity contribution in [2.24, 2.45) is 0 Å². The third kappa shape index (κ3) is 5.33. The van der Waals surface area contributed by atoms with Crippen molar-refractivity contribution >= 4 is 44.7 Å². The summed E-state index contributed by atoms with van der Waals surface area (Å²) in [6, 6.07) is 18.1. The molecule has 156 valence electrons. The number of esters is 1. The molecule has 3 aromatic carbocycles. The van der Waals surface area contributed by atoms with Gasteiger partial charge in [0.25, 0.3) is 0 Å². The van der Waals surface area contributed by atoms with Crippen LogP contribution in [0.25, 0.3) is 11.1 Å². The Morgan fingerprint density at radius 1 is 1.00 bits per heavy atom. The lowest BCUT2D eigenvalue weighted by Gasteiger charge is -2.10. The molecule has 1 N–H and O–H groups in total. The zero-order valence-electron chi connectivity index (χ0n) is 16.1. The minimum Gasteiger partial charge on any atom is -0.462 e. The molecule has 0 amide bonds. The summed E-state index contributed by atoms with van der Waals surface area (Å²) in [5.74, 6) is -0.777. The monoisotopic (exact) mass is 463 g/mol. The third-order valence-corrected chi connectivity index (χ3v) is 6.36. The highest BCUT2D eigenvalue weighted by Crippen LogP contribution is 2.31. The van der Waals surface area contributed by atoms with Crippen LogP contribution in [0.5, 0.6) is 0 Å². The first-order chi connectivity index (χ1) is 14.3. The van der Waals surface area contributed by atoms with Crippen LogP contribution >= 0.6 is 23.2 Å². The second-order valence-electron chi connectivity index (χ2n) is 6.39. The standard InChI is InChI=1S/C22H19Cl2NO4S/c1-2-29-22(26)16-4-3-5-18(12-16)25-14-30(27,28)19-9-6-15(7-10-19)20-11-8-17(23)13-21(20)24/h3-13,25H,2,14H2,1H3. The van der Waals surface area contributed by atoms with E-state index in [0.29, 0.717) is 21.3 Å². The highest BCUT2D eigenvalue weighted by Gasteiger charge is 2.15. The summed E-state index contributed by atoms with van der Waals surface area (Å²) in [5.41, 5.74) is 2.40. The van der Waals surface area contributed by atoms with Gasteiger partial charge in [-0.1, -0.05) is 47.5 Å². The van der Waals surface area contributed by atoms with Gasteiger partial charge in [0, 0.05) is 21.3 Å². The van der Waals surface area contributed by atoms with E-state index in [1.54, 1.807) is 61.5 Å². The molecule has 0 aromatic heterocycles. The summed E-state index contributed by atoms with van der Waals surface area (Å²) in [6.45, 7) is 1.99. The average molecular weight is 464 g/mol. The molecule has 0 atom stereocenters. The van der Waals surface area contributed by atoms with Crippen LogP contribution in [0.1, 0.15) is 17.3 Å². The van der Waals surface area contributed by atoms with Crippen molar-refractivity contribution in [3.8, 4) is 11.1 Å². The number of carbonyl (C=O) groups is 1. The number of hydrogen-bond acceptors (Lipinski definition) is 5. The number of rotatable bonds is 7. The van der Waals surface area contributed by atoms with Crippen LogP contribution in [-0.2, 0) is 14.6 Å². The van der Waals surface area contributed by atoms with E-state index in [2.05, 4.69) is 5.32 Å². The predicted molar refractivity (Wildman–Crippen MR) is 120 cm³/mol. The summed E-state index contributed by atoms with van der Waals surface area (Å²) in [4.78, 5) is 12.0. The fraction of sp³-hybridized carbons (Fsp3) is 0.136. The Kier molecular flexibility index (Phi) is 7.02. The smallest absolute Gasteiger partial charge is 0.338 e. The maximum atomic E-state index is 12.7. The van der Waals surface area contributed by atoms with Crippen LogP contribution in [0.2, 0.25) is 10.0 Å². The van der Waals surface area contributed by atoms with Gasteiger partial charge in [-0.25, -0.2) is 13.2 Å². The van der Waals surface area contributed by atoms with Crippen molar-refractivity contribution in [1.82, 2.24) is 0 Å². The van der Waals surface area contributed by atoms with Crippen LogP contribution < -0.4 is 5.32 Å². The van der Waals surface area contributed by atoms with Crippen LogP contribution in [0, 0.1) is 0 Å². The zero-order chi connectivity index (χ0) is 21.7. The Morgan fingerprint density at radius 2 is 1.73 bits per heavy atom. The SMILES string of the molecule is CCOC(=O)c1cccc(NCS(=O)(=O)c2ccc(-c3ccc(Cl)cc3Cl)cc2)c1. The van der Waals surface area contributed by atoms with Gasteiger partial charge in [0.15, 0.2) is 9.84 Å². The molecule has 0 aliphatic heterocycles. The molecule has 0 bridgehead atoms. The van der Waals surface area contributed by atoms with Crippen LogP contribution in [0.4, 0.5) is 5.69 Å². The molecule has 30 heavy (non-hydrogen) atoms. The quantitative estimate of drug-likeness (QED) is 0.456. The Morgan fingerprint density at radius 3 is 2.40 bits per heavy atom. The van der Waals surface area contributed by atoms with E-state index < -0.39 is 15.8 Å². The molecule has 0 radical (unpaired) electrons. The number of hydrogen-bond donors (Lipinski definition) is 1. The number of nitrogens with one attached hydrogen (secondary N) is 1. The molecule has 8 heteroatoms. The molecule has 0 heterocycles. The van der Waals surface area contributed by atoms with Gasteiger partial charge in [0.2, 0.25) is 0 Å². The van der Waals surface area contributed by atoms with Crippen molar-refractivity contribution in [1.29, 1.82) is 0 Å². The molecule has 0 spiro atoms. The van der Waals surface area contributed by atoms with Gasteiger partial charge >= 0.3 is 5.97 Å². The van der Waals surface area contributed by atoms with E-state index in [1.165, 1.54) is 12.1 Å². The molecular formula is C22H19Cl2NO4S. The predicted octanol–water partition coefficient (Wildman–Crippen LogP) is 5.68. The first-order valence-electron chi connectivity index (χ1n) is 9.09. The van der Waals surface area contributed by atoms with Crippen molar-refractivity contribution in [3.63, 3.8) is 0 Å². The van der Waals surface area contributed by atoms with Crippen LogP contribution in [-0.4, -0.2) is 26.9 Å². The van der Waals surface area contributed by atoms with Crippen molar-refractivity contribution < 1.29 is 17.9 Å². The van der Waals surface area contributed by atoms with Crippen molar-refractivity contribution in [3.05, 3.63) is 82.3 Å². The maximum Gasteiger partial charge on any atom is 0.338 e. The number of anilines is 1. The topological polar surface area (TPSA) is 72.5 Å². The third-order valence-electron chi connectivity index (χ3n) is 4.30. The molecule has 0 fully saturated rings. The summed E-state index contributed by atoms with van der Waals surface area (Å²) >= 11 is 12.1. The van der Waals surface area contributed by atoms with Gasteiger partial charge in [0.1, 0.15) is 5.88 Å². The highest BCUT2D eigenvalue weighted by molar-refractivity contribution is 7.91. The number of ether oxygens (including phenoxy) is 1. The second-order valence-corrected chi connectivity index (χ2v) is 9.22. The summed E-state index contributed by atoms with van der Waals surface area (Å²) in [6.07, 6.45) is 0. The van der Waals surface area contributed by atoms with Gasteiger partial charge in [-0.2, -0.15) is 0 Å². The normalized spacial score (nSPS) is 11.2. The first kappa shape index (κ1) is 22.2. The largest absolute Gasteiger partial charge is 0.462 e. The maximum absolute atomic E-state index is 12.7. The minimum absolute atomic E-state index is 0.172. The Labute approximate surface area is 185 Å². The molecule has 0 unspecified atom stereocenters. The Hall–Kier alpha value is -2.54. The van der Waals surface area contributed by atoms with Gasteiger partial charge in [-0.05, 0) is 55.0 Å². The first-order valence-corrected chi connectivity index (χ1v) is 11.5. The summed E-state index contributed by atoms with van der Waals surface area (Å²) < 4.78 is 30.3. The number of benzene rings is 3. The molecule has 5 nitrogen and oxygen atoms in total. The average Bonchev–Trinajstić information content (AvgIpc) is 2.73. The van der Waals surface area contributed by atoms with Gasteiger partial charge in [-0.15, -0.1) is 0 Å².